The van der Waals surface area contributed by atoms with Crippen molar-refractivity contribution >= 4 is 16.5 Å². The summed E-state index contributed by atoms with van der Waals surface area (Å²) in [6.45, 7) is 6.39. The standard InChI is InChI=1S/C11H19N3S/c1-3-14(4-2)11-13-10-8(12)6-5-7-9(10)15-11/h8H,3-7,12H2,1-2H3. The summed E-state index contributed by atoms with van der Waals surface area (Å²) in [4.78, 5) is 8.41. The Morgan fingerprint density at radius 1 is 1.47 bits per heavy atom. The zero-order valence-electron chi connectivity index (χ0n) is 9.49. The molecule has 1 aliphatic carbocycles. The van der Waals surface area contributed by atoms with Crippen molar-refractivity contribution in [2.75, 3.05) is 18.0 Å². The van der Waals surface area contributed by atoms with Crippen LogP contribution in [0.25, 0.3) is 0 Å². The van der Waals surface area contributed by atoms with Crippen molar-refractivity contribution in [2.45, 2.75) is 39.2 Å². The van der Waals surface area contributed by atoms with Crippen molar-refractivity contribution in [3.63, 3.8) is 0 Å². The molecule has 1 aromatic rings. The van der Waals surface area contributed by atoms with Crippen LogP contribution in [0.4, 0.5) is 5.13 Å². The minimum absolute atomic E-state index is 0.175. The van der Waals surface area contributed by atoms with Gasteiger partial charge in [0.25, 0.3) is 0 Å². The third-order valence-electron chi connectivity index (χ3n) is 3.02. The van der Waals surface area contributed by atoms with Gasteiger partial charge in [-0.1, -0.05) is 0 Å². The summed E-state index contributed by atoms with van der Waals surface area (Å²) in [6, 6.07) is 0.175. The molecule has 0 spiro atoms. The highest BCUT2D eigenvalue weighted by atomic mass is 32.1. The summed E-state index contributed by atoms with van der Waals surface area (Å²) >= 11 is 1.83. The van der Waals surface area contributed by atoms with Crippen LogP contribution in [-0.4, -0.2) is 18.1 Å². The van der Waals surface area contributed by atoms with Crippen LogP contribution < -0.4 is 10.6 Å². The molecule has 0 radical (unpaired) electrons. The lowest BCUT2D eigenvalue weighted by Gasteiger charge is -2.17. The third kappa shape index (κ3) is 2.01. The molecule has 0 aromatic carbocycles. The van der Waals surface area contributed by atoms with Crippen LogP contribution in [0.3, 0.4) is 0 Å². The molecule has 3 nitrogen and oxygen atoms in total. The first kappa shape index (κ1) is 10.9. The fourth-order valence-corrected chi connectivity index (χ4v) is 3.37. The highest BCUT2D eigenvalue weighted by molar-refractivity contribution is 7.15. The van der Waals surface area contributed by atoms with E-state index in [1.165, 1.54) is 17.7 Å². The lowest BCUT2D eigenvalue weighted by molar-refractivity contribution is 0.563. The van der Waals surface area contributed by atoms with E-state index in [1.807, 2.05) is 11.3 Å². The molecule has 0 amide bonds. The molecular formula is C11H19N3S. The molecule has 1 aromatic heterocycles. The third-order valence-corrected chi connectivity index (χ3v) is 4.21. The van der Waals surface area contributed by atoms with Gasteiger partial charge < -0.3 is 10.6 Å². The summed E-state index contributed by atoms with van der Waals surface area (Å²) in [5.74, 6) is 0. The number of aromatic nitrogens is 1. The highest BCUT2D eigenvalue weighted by Gasteiger charge is 2.22. The maximum Gasteiger partial charge on any atom is 0.185 e. The Hall–Kier alpha value is -0.610. The van der Waals surface area contributed by atoms with Crippen molar-refractivity contribution in [3.05, 3.63) is 10.6 Å². The molecule has 1 aliphatic rings. The molecule has 0 bridgehead atoms. The van der Waals surface area contributed by atoms with Gasteiger partial charge in [0.1, 0.15) is 0 Å². The van der Waals surface area contributed by atoms with Crippen LogP contribution in [-0.2, 0) is 6.42 Å². The fourth-order valence-electron chi connectivity index (χ4n) is 2.07. The van der Waals surface area contributed by atoms with Crippen molar-refractivity contribution in [1.29, 1.82) is 0 Å². The lowest BCUT2D eigenvalue weighted by Crippen LogP contribution is -2.22. The number of hydrogen-bond donors (Lipinski definition) is 1. The van der Waals surface area contributed by atoms with Gasteiger partial charge in [0, 0.05) is 24.0 Å². The minimum atomic E-state index is 0.175. The Bertz CT molecular complexity index is 331. The predicted molar refractivity (Wildman–Crippen MR) is 65.5 cm³/mol. The first-order valence-electron chi connectivity index (χ1n) is 5.76. The Morgan fingerprint density at radius 3 is 2.80 bits per heavy atom. The molecule has 84 valence electrons. The van der Waals surface area contributed by atoms with E-state index < -0.39 is 0 Å². The van der Waals surface area contributed by atoms with Crippen LogP contribution in [0.5, 0.6) is 0 Å². The zero-order chi connectivity index (χ0) is 10.8. The molecule has 2 rings (SSSR count). The molecule has 0 fully saturated rings. The van der Waals surface area contributed by atoms with E-state index in [9.17, 15) is 0 Å². The largest absolute Gasteiger partial charge is 0.349 e. The number of hydrogen-bond acceptors (Lipinski definition) is 4. The summed E-state index contributed by atoms with van der Waals surface area (Å²) in [6.07, 6.45) is 3.48. The second-order valence-electron chi connectivity index (χ2n) is 3.98. The highest BCUT2D eigenvalue weighted by Crippen LogP contribution is 2.35. The van der Waals surface area contributed by atoms with Gasteiger partial charge in [0.2, 0.25) is 0 Å². The number of thiazole rings is 1. The van der Waals surface area contributed by atoms with E-state index in [0.29, 0.717) is 0 Å². The van der Waals surface area contributed by atoms with E-state index >= 15 is 0 Å². The normalized spacial score (nSPS) is 20.1. The average molecular weight is 225 g/mol. The van der Waals surface area contributed by atoms with E-state index in [4.69, 9.17) is 10.7 Å². The monoisotopic (exact) mass is 225 g/mol. The van der Waals surface area contributed by atoms with Crippen LogP contribution in [0.1, 0.15) is 43.3 Å². The van der Waals surface area contributed by atoms with Crippen molar-refractivity contribution < 1.29 is 0 Å². The predicted octanol–water partition coefficient (Wildman–Crippen LogP) is 2.33. The molecule has 2 N–H and O–H groups in total. The second kappa shape index (κ2) is 4.49. The topological polar surface area (TPSA) is 42.2 Å². The van der Waals surface area contributed by atoms with Gasteiger partial charge in [-0.05, 0) is 33.1 Å². The van der Waals surface area contributed by atoms with Gasteiger partial charge in [0.15, 0.2) is 5.13 Å². The number of rotatable bonds is 3. The number of fused-ring (bicyclic) bond motifs is 1. The summed E-state index contributed by atoms with van der Waals surface area (Å²) in [5, 5.41) is 1.15. The summed E-state index contributed by atoms with van der Waals surface area (Å²) in [5.41, 5.74) is 7.23. The second-order valence-corrected chi connectivity index (χ2v) is 5.04. The molecule has 1 atom stereocenters. The van der Waals surface area contributed by atoms with Crippen molar-refractivity contribution in [3.8, 4) is 0 Å². The van der Waals surface area contributed by atoms with Crippen LogP contribution in [0, 0.1) is 0 Å². The summed E-state index contributed by atoms with van der Waals surface area (Å²) in [7, 11) is 0. The number of aryl methyl sites for hydroxylation is 1. The number of anilines is 1. The van der Waals surface area contributed by atoms with Gasteiger partial charge in [-0.2, -0.15) is 0 Å². The van der Waals surface area contributed by atoms with Gasteiger partial charge >= 0.3 is 0 Å². The number of nitrogens with two attached hydrogens (primary N) is 1. The van der Waals surface area contributed by atoms with Gasteiger partial charge in [-0.3, -0.25) is 0 Å². The molecule has 0 saturated carbocycles. The van der Waals surface area contributed by atoms with Gasteiger partial charge in [0.05, 0.1) is 5.69 Å². The first-order valence-corrected chi connectivity index (χ1v) is 6.58. The Morgan fingerprint density at radius 2 is 2.20 bits per heavy atom. The Labute approximate surface area is 95.3 Å². The van der Waals surface area contributed by atoms with Crippen molar-refractivity contribution in [2.24, 2.45) is 5.73 Å². The van der Waals surface area contributed by atoms with E-state index in [1.54, 1.807) is 0 Å². The quantitative estimate of drug-likeness (QED) is 0.858. The number of nitrogens with zero attached hydrogens (tertiary/aromatic N) is 2. The van der Waals surface area contributed by atoms with E-state index in [0.717, 1.165) is 30.3 Å². The van der Waals surface area contributed by atoms with E-state index in [2.05, 4.69) is 18.7 Å². The average Bonchev–Trinajstić information content (AvgIpc) is 2.65. The maximum atomic E-state index is 6.07. The molecular weight excluding hydrogens is 206 g/mol. The smallest absolute Gasteiger partial charge is 0.185 e. The molecule has 0 aliphatic heterocycles. The zero-order valence-corrected chi connectivity index (χ0v) is 10.3. The first-order chi connectivity index (χ1) is 7.26. The minimum Gasteiger partial charge on any atom is -0.349 e. The summed E-state index contributed by atoms with van der Waals surface area (Å²) < 4.78 is 0. The van der Waals surface area contributed by atoms with E-state index in [-0.39, 0.29) is 6.04 Å². The van der Waals surface area contributed by atoms with Crippen LogP contribution >= 0.6 is 11.3 Å². The Kier molecular flexibility index (Phi) is 3.26. The van der Waals surface area contributed by atoms with Gasteiger partial charge in [-0.25, -0.2) is 4.98 Å². The molecule has 0 saturated heterocycles. The van der Waals surface area contributed by atoms with Crippen LogP contribution in [0.15, 0.2) is 0 Å². The molecule has 15 heavy (non-hydrogen) atoms. The molecule has 4 heteroatoms. The van der Waals surface area contributed by atoms with Crippen molar-refractivity contribution in [1.82, 2.24) is 4.98 Å². The lowest BCUT2D eigenvalue weighted by atomic mass is 9.99. The fraction of sp³-hybridized carbons (Fsp3) is 0.727. The molecule has 1 unspecified atom stereocenters. The molecule has 1 heterocycles. The van der Waals surface area contributed by atoms with Gasteiger partial charge in [-0.15, -0.1) is 11.3 Å². The van der Waals surface area contributed by atoms with Crippen LogP contribution in [0.2, 0.25) is 0 Å². The maximum absolute atomic E-state index is 6.07. The Balaban J connectivity index is 2.28. The SMILES string of the molecule is CCN(CC)c1nc2c(s1)CCCC2N.